The highest BCUT2D eigenvalue weighted by molar-refractivity contribution is 5.96. The van der Waals surface area contributed by atoms with Crippen LogP contribution in [0.1, 0.15) is 37.7 Å². The molecular formula is C19H28ClN3O. The molecule has 0 radical (unpaired) electrons. The second-order valence-electron chi connectivity index (χ2n) is 6.67. The average molecular weight is 350 g/mol. The lowest BCUT2D eigenvalue weighted by Gasteiger charge is -2.38. The van der Waals surface area contributed by atoms with Crippen molar-refractivity contribution in [1.82, 2.24) is 4.98 Å². The standard InChI is InChI=1S/C19H27N3O.ClH/c1-14-12-21-13-15-4-2-5-18(19(14)15)22(10-3-11-23)17-8-6-16(20)7-9-17;/h2,4-5,12-13,16-17,23H,3,6-11,20H2,1H3;1H. The highest BCUT2D eigenvalue weighted by Gasteiger charge is 2.25. The number of hydrogen-bond donors (Lipinski definition) is 2. The number of anilines is 1. The van der Waals surface area contributed by atoms with Crippen LogP contribution in [0.25, 0.3) is 10.8 Å². The second-order valence-corrected chi connectivity index (χ2v) is 6.67. The summed E-state index contributed by atoms with van der Waals surface area (Å²) >= 11 is 0. The monoisotopic (exact) mass is 349 g/mol. The van der Waals surface area contributed by atoms with Crippen LogP contribution in [-0.2, 0) is 0 Å². The van der Waals surface area contributed by atoms with E-state index in [9.17, 15) is 5.11 Å². The predicted octanol–water partition coefficient (Wildman–Crippen LogP) is 3.42. The highest BCUT2D eigenvalue weighted by atomic mass is 35.5. The van der Waals surface area contributed by atoms with E-state index in [1.165, 1.54) is 22.0 Å². The topological polar surface area (TPSA) is 62.4 Å². The van der Waals surface area contributed by atoms with Gasteiger partial charge in [-0.25, -0.2) is 0 Å². The molecule has 0 unspecified atom stereocenters. The maximum absolute atomic E-state index is 9.31. The van der Waals surface area contributed by atoms with Crippen molar-refractivity contribution >= 4 is 28.9 Å². The fourth-order valence-electron chi connectivity index (χ4n) is 3.78. The molecule has 2 aromatic rings. The number of hydrogen-bond acceptors (Lipinski definition) is 4. The van der Waals surface area contributed by atoms with Gasteiger partial charge in [-0.15, -0.1) is 12.4 Å². The minimum atomic E-state index is 0. The average Bonchev–Trinajstić information content (AvgIpc) is 2.57. The molecule has 0 atom stereocenters. The Morgan fingerprint density at radius 2 is 1.96 bits per heavy atom. The number of aromatic nitrogens is 1. The molecule has 24 heavy (non-hydrogen) atoms. The zero-order valence-electron chi connectivity index (χ0n) is 14.3. The Hall–Kier alpha value is -1.36. The molecule has 1 fully saturated rings. The second kappa shape index (κ2) is 8.65. The number of nitrogens with zero attached hydrogens (tertiary/aromatic N) is 2. The number of fused-ring (bicyclic) bond motifs is 1. The fourth-order valence-corrected chi connectivity index (χ4v) is 3.78. The van der Waals surface area contributed by atoms with Gasteiger partial charge in [-0.3, -0.25) is 4.98 Å². The van der Waals surface area contributed by atoms with E-state index in [1.54, 1.807) is 0 Å². The molecule has 3 rings (SSSR count). The molecule has 0 spiro atoms. The molecule has 1 aliphatic carbocycles. The van der Waals surface area contributed by atoms with Crippen LogP contribution in [0, 0.1) is 6.92 Å². The number of benzene rings is 1. The van der Waals surface area contributed by atoms with Gasteiger partial charge in [0.2, 0.25) is 0 Å². The zero-order chi connectivity index (χ0) is 16.2. The van der Waals surface area contributed by atoms with Crippen molar-refractivity contribution in [2.45, 2.75) is 51.1 Å². The van der Waals surface area contributed by atoms with Crippen molar-refractivity contribution in [2.75, 3.05) is 18.1 Å². The summed E-state index contributed by atoms with van der Waals surface area (Å²) in [6, 6.07) is 7.31. The molecule has 1 heterocycles. The lowest BCUT2D eigenvalue weighted by molar-refractivity contribution is 0.284. The first-order valence-electron chi connectivity index (χ1n) is 8.67. The Morgan fingerprint density at radius 3 is 2.67 bits per heavy atom. The molecule has 1 aromatic carbocycles. The Bertz CT molecular complexity index is 651. The Balaban J connectivity index is 0.00000208. The molecular weight excluding hydrogens is 322 g/mol. The van der Waals surface area contributed by atoms with Gasteiger partial charge >= 0.3 is 0 Å². The highest BCUT2D eigenvalue weighted by Crippen LogP contribution is 2.33. The first kappa shape index (κ1) is 19.0. The van der Waals surface area contributed by atoms with Gasteiger partial charge in [0, 0.05) is 54.1 Å². The van der Waals surface area contributed by atoms with Gasteiger partial charge in [-0.1, -0.05) is 12.1 Å². The number of aliphatic hydroxyl groups is 1. The van der Waals surface area contributed by atoms with E-state index < -0.39 is 0 Å². The molecule has 0 bridgehead atoms. The van der Waals surface area contributed by atoms with Crippen LogP contribution < -0.4 is 10.6 Å². The van der Waals surface area contributed by atoms with Gasteiger partial charge in [0.15, 0.2) is 0 Å². The van der Waals surface area contributed by atoms with Gasteiger partial charge in [-0.2, -0.15) is 0 Å². The minimum absolute atomic E-state index is 0. The van der Waals surface area contributed by atoms with Crippen molar-refractivity contribution in [2.24, 2.45) is 5.73 Å². The summed E-state index contributed by atoms with van der Waals surface area (Å²) in [5.74, 6) is 0. The van der Waals surface area contributed by atoms with Gasteiger partial charge < -0.3 is 15.7 Å². The van der Waals surface area contributed by atoms with Crippen LogP contribution in [0.2, 0.25) is 0 Å². The van der Waals surface area contributed by atoms with Crippen molar-refractivity contribution in [3.8, 4) is 0 Å². The lowest BCUT2D eigenvalue weighted by atomic mass is 9.90. The SMILES string of the molecule is Cc1cncc2cccc(N(CCCO)C3CCC(N)CC3)c12.Cl. The van der Waals surface area contributed by atoms with Crippen LogP contribution in [0.15, 0.2) is 30.6 Å². The molecule has 0 saturated heterocycles. The molecule has 5 heteroatoms. The van der Waals surface area contributed by atoms with E-state index in [4.69, 9.17) is 5.73 Å². The minimum Gasteiger partial charge on any atom is -0.396 e. The smallest absolute Gasteiger partial charge is 0.0452 e. The summed E-state index contributed by atoms with van der Waals surface area (Å²) in [5.41, 5.74) is 8.57. The third-order valence-electron chi connectivity index (χ3n) is 5.00. The molecule has 1 aromatic heterocycles. The summed E-state index contributed by atoms with van der Waals surface area (Å²) in [6.45, 7) is 3.24. The zero-order valence-corrected chi connectivity index (χ0v) is 15.1. The Morgan fingerprint density at radius 1 is 1.21 bits per heavy atom. The fraction of sp³-hybridized carbons (Fsp3) is 0.526. The molecule has 1 aliphatic rings. The number of halogens is 1. The first-order valence-corrected chi connectivity index (χ1v) is 8.67. The largest absolute Gasteiger partial charge is 0.396 e. The first-order chi connectivity index (χ1) is 11.2. The predicted molar refractivity (Wildman–Crippen MR) is 103 cm³/mol. The summed E-state index contributed by atoms with van der Waals surface area (Å²) in [7, 11) is 0. The van der Waals surface area contributed by atoms with E-state index >= 15 is 0 Å². The summed E-state index contributed by atoms with van der Waals surface area (Å²) in [5, 5.41) is 11.8. The van der Waals surface area contributed by atoms with E-state index in [2.05, 4.69) is 35.0 Å². The van der Waals surface area contributed by atoms with Crippen molar-refractivity contribution in [3.63, 3.8) is 0 Å². The normalized spacial score (nSPS) is 20.6. The third-order valence-corrected chi connectivity index (χ3v) is 5.00. The summed E-state index contributed by atoms with van der Waals surface area (Å²) in [6.07, 6.45) is 9.11. The molecule has 3 N–H and O–H groups in total. The number of pyridine rings is 1. The Labute approximate surface area is 150 Å². The number of nitrogens with two attached hydrogens (primary N) is 1. The lowest BCUT2D eigenvalue weighted by Crippen LogP contribution is -2.42. The van der Waals surface area contributed by atoms with Crippen LogP contribution >= 0.6 is 12.4 Å². The van der Waals surface area contributed by atoms with E-state index in [0.29, 0.717) is 12.1 Å². The molecule has 4 nitrogen and oxygen atoms in total. The Kier molecular flexibility index (Phi) is 6.84. The van der Waals surface area contributed by atoms with Crippen LogP contribution in [0.3, 0.4) is 0 Å². The number of rotatable bonds is 5. The van der Waals surface area contributed by atoms with E-state index in [0.717, 1.165) is 38.6 Å². The quantitative estimate of drug-likeness (QED) is 0.868. The summed E-state index contributed by atoms with van der Waals surface area (Å²) in [4.78, 5) is 6.82. The molecule has 0 amide bonds. The molecule has 1 saturated carbocycles. The third kappa shape index (κ3) is 4.00. The van der Waals surface area contributed by atoms with Crippen molar-refractivity contribution in [3.05, 3.63) is 36.2 Å². The van der Waals surface area contributed by atoms with Crippen molar-refractivity contribution < 1.29 is 5.11 Å². The maximum atomic E-state index is 9.31. The van der Waals surface area contributed by atoms with Crippen LogP contribution in [0.4, 0.5) is 5.69 Å². The van der Waals surface area contributed by atoms with Crippen molar-refractivity contribution in [1.29, 1.82) is 0 Å². The van der Waals surface area contributed by atoms with Gasteiger partial charge in [-0.05, 0) is 50.7 Å². The summed E-state index contributed by atoms with van der Waals surface area (Å²) < 4.78 is 0. The number of aryl methyl sites for hydroxylation is 1. The number of aliphatic hydroxyl groups excluding tert-OH is 1. The molecule has 132 valence electrons. The van der Waals surface area contributed by atoms with Gasteiger partial charge in [0.1, 0.15) is 0 Å². The van der Waals surface area contributed by atoms with E-state index in [-0.39, 0.29) is 19.0 Å². The van der Waals surface area contributed by atoms with Gasteiger partial charge in [0.05, 0.1) is 0 Å². The van der Waals surface area contributed by atoms with Gasteiger partial charge in [0.25, 0.3) is 0 Å². The van der Waals surface area contributed by atoms with E-state index in [1.807, 2.05) is 12.4 Å². The molecule has 0 aliphatic heterocycles. The van der Waals surface area contributed by atoms with Crippen LogP contribution in [0.5, 0.6) is 0 Å². The van der Waals surface area contributed by atoms with Crippen LogP contribution in [-0.4, -0.2) is 35.3 Å². The maximum Gasteiger partial charge on any atom is 0.0452 e.